The summed E-state index contributed by atoms with van der Waals surface area (Å²) in [4.78, 5) is 39.1. The highest BCUT2D eigenvalue weighted by Gasteiger charge is 2.35. The molecule has 1 saturated carbocycles. The van der Waals surface area contributed by atoms with Gasteiger partial charge in [-0.25, -0.2) is 4.98 Å². The van der Waals surface area contributed by atoms with Crippen LogP contribution >= 0.6 is 11.3 Å². The molecule has 1 fully saturated rings. The van der Waals surface area contributed by atoms with Crippen LogP contribution in [0.1, 0.15) is 30.3 Å². The molecule has 19 heavy (non-hydrogen) atoms. The average Bonchev–Trinajstić information content (AvgIpc) is 3.05. The number of carbonyl (C=O) groups is 3. The molecule has 8 heteroatoms. The van der Waals surface area contributed by atoms with E-state index in [9.17, 15) is 14.4 Å². The molecule has 1 heterocycles. The molecule has 102 valence electrons. The van der Waals surface area contributed by atoms with Crippen LogP contribution in [-0.2, 0) is 9.59 Å². The van der Waals surface area contributed by atoms with Gasteiger partial charge in [0.25, 0.3) is 5.91 Å². The van der Waals surface area contributed by atoms with Crippen LogP contribution in [0.4, 0.5) is 5.13 Å². The topological polar surface area (TPSA) is 99.6 Å². The van der Waals surface area contributed by atoms with Crippen LogP contribution in [0.15, 0.2) is 5.38 Å². The Morgan fingerprint density at radius 2 is 2.21 bits per heavy atom. The fraction of sp³-hybridized carbons (Fsp3) is 0.455. The highest BCUT2D eigenvalue weighted by Crippen LogP contribution is 2.28. The molecule has 0 aromatic carbocycles. The number of anilines is 1. The van der Waals surface area contributed by atoms with Gasteiger partial charge in [-0.15, -0.1) is 11.3 Å². The summed E-state index contributed by atoms with van der Waals surface area (Å²) in [6.45, 7) is 1.03. The minimum absolute atomic E-state index is 0.00508. The molecule has 1 aromatic rings. The number of carboxylic acid groups (broad SMARTS) is 1. The Labute approximate surface area is 113 Å². The fourth-order valence-electron chi connectivity index (χ4n) is 1.63. The Morgan fingerprint density at radius 1 is 1.53 bits per heavy atom. The van der Waals surface area contributed by atoms with E-state index in [1.807, 2.05) is 0 Å². The molecule has 7 nitrogen and oxygen atoms in total. The molecule has 0 spiro atoms. The van der Waals surface area contributed by atoms with E-state index in [0.29, 0.717) is 5.13 Å². The van der Waals surface area contributed by atoms with Crippen molar-refractivity contribution in [2.24, 2.45) is 0 Å². The van der Waals surface area contributed by atoms with Crippen molar-refractivity contribution in [2.45, 2.75) is 25.8 Å². The van der Waals surface area contributed by atoms with E-state index in [-0.39, 0.29) is 24.2 Å². The Balaban J connectivity index is 2.10. The second-order valence-corrected chi connectivity index (χ2v) is 5.14. The first-order valence-electron chi connectivity index (χ1n) is 5.73. The molecule has 0 unspecified atom stereocenters. The predicted molar refractivity (Wildman–Crippen MR) is 68.1 cm³/mol. The molecule has 1 aliphatic carbocycles. The number of hydrogen-bond acceptors (Lipinski definition) is 5. The molecule has 0 aliphatic heterocycles. The zero-order valence-electron chi connectivity index (χ0n) is 10.3. The molecule has 1 aliphatic rings. The van der Waals surface area contributed by atoms with E-state index in [1.165, 1.54) is 17.2 Å². The van der Waals surface area contributed by atoms with E-state index in [2.05, 4.69) is 10.3 Å². The van der Waals surface area contributed by atoms with Gasteiger partial charge in [0.1, 0.15) is 12.2 Å². The average molecular weight is 283 g/mol. The fourth-order valence-corrected chi connectivity index (χ4v) is 2.36. The number of amides is 2. The van der Waals surface area contributed by atoms with Crippen LogP contribution in [0.25, 0.3) is 0 Å². The highest BCUT2D eigenvalue weighted by atomic mass is 32.1. The number of nitrogens with zero attached hydrogens (tertiary/aromatic N) is 2. The van der Waals surface area contributed by atoms with Gasteiger partial charge in [0.2, 0.25) is 5.91 Å². The van der Waals surface area contributed by atoms with Gasteiger partial charge < -0.3 is 15.3 Å². The van der Waals surface area contributed by atoms with Gasteiger partial charge >= 0.3 is 5.97 Å². The SMILES string of the molecule is CC(=O)Nc1nc(C(=O)N(CC(=O)O)C2CC2)cs1. The van der Waals surface area contributed by atoms with Gasteiger partial charge in [-0.2, -0.15) is 0 Å². The van der Waals surface area contributed by atoms with Gasteiger partial charge in [0.05, 0.1) is 0 Å². The monoisotopic (exact) mass is 283 g/mol. The predicted octanol–water partition coefficient (Wildman–Crippen LogP) is 0.791. The zero-order chi connectivity index (χ0) is 14.0. The summed E-state index contributed by atoms with van der Waals surface area (Å²) < 4.78 is 0. The lowest BCUT2D eigenvalue weighted by atomic mass is 10.3. The highest BCUT2D eigenvalue weighted by molar-refractivity contribution is 7.14. The van der Waals surface area contributed by atoms with Crippen LogP contribution in [0.5, 0.6) is 0 Å². The third kappa shape index (κ3) is 3.50. The number of aromatic nitrogens is 1. The van der Waals surface area contributed by atoms with Gasteiger partial charge in [-0.05, 0) is 12.8 Å². The first-order chi connectivity index (χ1) is 8.97. The minimum atomic E-state index is -1.04. The largest absolute Gasteiger partial charge is 0.480 e. The maximum atomic E-state index is 12.2. The number of hydrogen-bond donors (Lipinski definition) is 2. The molecule has 1 aromatic heterocycles. The second kappa shape index (κ2) is 5.35. The minimum Gasteiger partial charge on any atom is -0.480 e. The quantitative estimate of drug-likeness (QED) is 0.832. The lowest BCUT2D eigenvalue weighted by Gasteiger charge is -2.18. The van der Waals surface area contributed by atoms with E-state index >= 15 is 0 Å². The van der Waals surface area contributed by atoms with Gasteiger partial charge in [0.15, 0.2) is 5.13 Å². The van der Waals surface area contributed by atoms with Crippen molar-refractivity contribution in [1.82, 2.24) is 9.88 Å². The van der Waals surface area contributed by atoms with Crippen LogP contribution < -0.4 is 5.32 Å². The van der Waals surface area contributed by atoms with Crippen LogP contribution in [0, 0.1) is 0 Å². The molecular weight excluding hydrogens is 270 g/mol. The molecule has 2 amide bonds. The molecule has 0 bridgehead atoms. The molecular formula is C11H13N3O4S. The van der Waals surface area contributed by atoms with Crippen molar-refractivity contribution in [3.63, 3.8) is 0 Å². The molecule has 2 rings (SSSR count). The summed E-state index contributed by atoms with van der Waals surface area (Å²) in [6.07, 6.45) is 1.64. The summed E-state index contributed by atoms with van der Waals surface area (Å²) in [5.41, 5.74) is 0.168. The van der Waals surface area contributed by atoms with Crippen molar-refractivity contribution in [3.05, 3.63) is 11.1 Å². The number of carbonyl (C=O) groups excluding carboxylic acids is 2. The maximum Gasteiger partial charge on any atom is 0.323 e. The van der Waals surface area contributed by atoms with Gasteiger partial charge in [-0.1, -0.05) is 0 Å². The number of thiazole rings is 1. The van der Waals surface area contributed by atoms with Crippen molar-refractivity contribution in [1.29, 1.82) is 0 Å². The number of carboxylic acids is 1. The normalized spacial score (nSPS) is 13.9. The molecule has 0 saturated heterocycles. The lowest BCUT2D eigenvalue weighted by molar-refractivity contribution is -0.137. The van der Waals surface area contributed by atoms with Crippen molar-refractivity contribution < 1.29 is 19.5 Å². The molecule has 0 radical (unpaired) electrons. The standard InChI is InChI=1S/C11H13N3O4S/c1-6(15)12-11-13-8(5-19-11)10(18)14(4-9(16)17)7-2-3-7/h5,7H,2-4H2,1H3,(H,16,17)(H,12,13,15). The number of aliphatic carboxylic acids is 1. The number of nitrogens with one attached hydrogen (secondary N) is 1. The van der Waals surface area contributed by atoms with Gasteiger partial charge in [0, 0.05) is 18.3 Å². The van der Waals surface area contributed by atoms with Crippen molar-refractivity contribution in [3.8, 4) is 0 Å². The van der Waals surface area contributed by atoms with E-state index in [4.69, 9.17) is 5.11 Å². The molecule has 2 N–H and O–H groups in total. The first-order valence-corrected chi connectivity index (χ1v) is 6.61. The maximum absolute atomic E-state index is 12.2. The summed E-state index contributed by atoms with van der Waals surface area (Å²) in [7, 11) is 0. The second-order valence-electron chi connectivity index (χ2n) is 4.28. The van der Waals surface area contributed by atoms with E-state index in [1.54, 1.807) is 0 Å². The Hall–Kier alpha value is -1.96. The number of rotatable bonds is 5. The van der Waals surface area contributed by atoms with E-state index < -0.39 is 11.9 Å². The Morgan fingerprint density at radius 3 is 2.74 bits per heavy atom. The summed E-state index contributed by atoms with van der Waals surface area (Å²) in [5, 5.41) is 13.2. The Kier molecular flexibility index (Phi) is 3.79. The van der Waals surface area contributed by atoms with Crippen molar-refractivity contribution >= 4 is 34.3 Å². The Bertz CT molecular complexity index is 524. The summed E-state index contributed by atoms with van der Waals surface area (Å²) >= 11 is 1.14. The summed E-state index contributed by atoms with van der Waals surface area (Å²) in [6, 6.07) is -0.00508. The van der Waals surface area contributed by atoms with Crippen LogP contribution in [0.3, 0.4) is 0 Å². The zero-order valence-corrected chi connectivity index (χ0v) is 11.1. The summed E-state index contributed by atoms with van der Waals surface area (Å²) in [5.74, 6) is -1.71. The van der Waals surface area contributed by atoms with Crippen molar-refractivity contribution in [2.75, 3.05) is 11.9 Å². The molecule has 0 atom stereocenters. The van der Waals surface area contributed by atoms with Gasteiger partial charge in [-0.3, -0.25) is 14.4 Å². The van der Waals surface area contributed by atoms with Crippen LogP contribution in [-0.4, -0.2) is 45.4 Å². The smallest absolute Gasteiger partial charge is 0.323 e. The van der Waals surface area contributed by atoms with E-state index in [0.717, 1.165) is 24.2 Å². The third-order valence-electron chi connectivity index (χ3n) is 2.56. The van der Waals surface area contributed by atoms with Crippen LogP contribution in [0.2, 0.25) is 0 Å². The first kappa shape index (κ1) is 13.5. The third-order valence-corrected chi connectivity index (χ3v) is 3.32. The lowest BCUT2D eigenvalue weighted by Crippen LogP contribution is -2.37.